The monoisotopic (exact) mass is 553 g/mol. The molecule has 3 amide bonds. The third-order valence-corrected chi connectivity index (χ3v) is 6.62. The number of hydrogen-bond donors (Lipinski definition) is 3. The average Bonchev–Trinajstić information content (AvgIpc) is 3.52. The van der Waals surface area contributed by atoms with Crippen LogP contribution in [0.15, 0.2) is 104 Å². The third-order valence-electron chi connectivity index (χ3n) is 6.62. The van der Waals surface area contributed by atoms with Crippen LogP contribution in [0, 0.1) is 0 Å². The molecule has 0 aliphatic heterocycles. The number of rotatable bonds is 13. The molecule has 1 aromatic heterocycles. The number of alkyl carbamates (subject to hydrolysis) is 1. The maximum atomic E-state index is 13.9. The topological polar surface area (TPSA) is 116 Å². The van der Waals surface area contributed by atoms with E-state index in [0.29, 0.717) is 12.2 Å². The molecule has 0 saturated heterocycles. The minimum atomic E-state index is -0.988. The van der Waals surface area contributed by atoms with Gasteiger partial charge in [-0.25, -0.2) is 9.78 Å². The van der Waals surface area contributed by atoms with Crippen LogP contribution in [0.1, 0.15) is 35.2 Å². The number of carbonyl (C=O) groups excluding carboxylic acids is 3. The lowest BCUT2D eigenvalue weighted by atomic mass is 10.0. The van der Waals surface area contributed by atoms with Crippen LogP contribution < -0.4 is 10.6 Å². The van der Waals surface area contributed by atoms with Gasteiger partial charge in [0.1, 0.15) is 12.6 Å². The van der Waals surface area contributed by atoms with Crippen LogP contribution in [0.5, 0.6) is 0 Å². The van der Waals surface area contributed by atoms with Gasteiger partial charge in [0.2, 0.25) is 11.8 Å². The third kappa shape index (κ3) is 9.35. The summed E-state index contributed by atoms with van der Waals surface area (Å²) in [7, 11) is 0. The number of benzene rings is 3. The van der Waals surface area contributed by atoms with Crippen molar-refractivity contribution < 1.29 is 19.1 Å². The number of ether oxygens (including phenoxy) is 1. The molecule has 2 atom stereocenters. The first kappa shape index (κ1) is 29.1. The lowest BCUT2D eigenvalue weighted by Crippen LogP contribution is -2.52. The molecule has 0 aliphatic rings. The van der Waals surface area contributed by atoms with Gasteiger partial charge in [-0.05, 0) is 22.6 Å². The van der Waals surface area contributed by atoms with Gasteiger partial charge in [-0.2, -0.15) is 0 Å². The molecule has 0 saturated carbocycles. The fraction of sp³-hybridized carbons (Fsp3) is 0.250. The second kappa shape index (κ2) is 15.0. The van der Waals surface area contributed by atoms with Gasteiger partial charge in [0, 0.05) is 31.4 Å². The number of hydrogen-bond acceptors (Lipinski definition) is 5. The van der Waals surface area contributed by atoms with E-state index in [2.05, 4.69) is 20.6 Å². The molecule has 212 valence electrons. The lowest BCUT2D eigenvalue weighted by Gasteiger charge is -2.27. The van der Waals surface area contributed by atoms with Crippen LogP contribution in [-0.2, 0) is 33.9 Å². The maximum absolute atomic E-state index is 13.9. The van der Waals surface area contributed by atoms with Crippen LogP contribution >= 0.6 is 0 Å². The van der Waals surface area contributed by atoms with E-state index in [0.717, 1.165) is 16.7 Å². The first-order valence-electron chi connectivity index (χ1n) is 13.6. The van der Waals surface area contributed by atoms with E-state index in [4.69, 9.17) is 4.74 Å². The van der Waals surface area contributed by atoms with E-state index >= 15 is 0 Å². The summed E-state index contributed by atoms with van der Waals surface area (Å²) in [6, 6.07) is 27.6. The number of imidazole rings is 1. The standard InChI is InChI=1S/C32H35N5O4/c1-24(27-15-9-4-10-16-27)18-34-30(38)21-37(20-25-11-5-2-6-12-25)31(39)29(17-28-19-33-23-35-28)36-32(40)41-22-26-13-7-3-8-14-26/h2-16,19,23-24,29H,17-18,20-22H2,1H3,(H,33,35)(H,34,38)(H,36,40)/t24?,29-/m0/s1. The Labute approximate surface area is 240 Å². The fourth-order valence-corrected chi connectivity index (χ4v) is 4.35. The van der Waals surface area contributed by atoms with Crippen molar-refractivity contribution in [2.24, 2.45) is 0 Å². The van der Waals surface area contributed by atoms with E-state index in [9.17, 15) is 14.4 Å². The molecule has 1 heterocycles. The molecule has 0 radical (unpaired) electrons. The summed E-state index contributed by atoms with van der Waals surface area (Å²) in [5.41, 5.74) is 3.46. The molecule has 9 nitrogen and oxygen atoms in total. The van der Waals surface area contributed by atoms with Crippen molar-refractivity contribution in [2.75, 3.05) is 13.1 Å². The van der Waals surface area contributed by atoms with Crippen molar-refractivity contribution in [3.8, 4) is 0 Å². The highest BCUT2D eigenvalue weighted by Crippen LogP contribution is 2.14. The van der Waals surface area contributed by atoms with Crippen molar-refractivity contribution in [3.63, 3.8) is 0 Å². The van der Waals surface area contributed by atoms with Gasteiger partial charge < -0.3 is 25.3 Å². The fourth-order valence-electron chi connectivity index (χ4n) is 4.35. The summed E-state index contributed by atoms with van der Waals surface area (Å²) in [4.78, 5) is 48.2. The first-order valence-corrected chi connectivity index (χ1v) is 13.6. The molecule has 4 rings (SSSR count). The molecule has 3 N–H and O–H groups in total. The molecule has 3 aromatic carbocycles. The number of carbonyl (C=O) groups is 3. The number of aromatic amines is 1. The summed E-state index contributed by atoms with van der Waals surface area (Å²) >= 11 is 0. The smallest absolute Gasteiger partial charge is 0.408 e. The Kier molecular flexibility index (Phi) is 10.7. The van der Waals surface area contributed by atoms with Crippen LogP contribution in [0.3, 0.4) is 0 Å². The van der Waals surface area contributed by atoms with Gasteiger partial charge in [-0.1, -0.05) is 97.9 Å². The van der Waals surface area contributed by atoms with Crippen molar-refractivity contribution in [1.82, 2.24) is 25.5 Å². The van der Waals surface area contributed by atoms with Crippen LogP contribution in [-0.4, -0.2) is 51.9 Å². The van der Waals surface area contributed by atoms with E-state index in [-0.39, 0.29) is 37.9 Å². The largest absolute Gasteiger partial charge is 0.445 e. The molecule has 0 aliphatic carbocycles. The summed E-state index contributed by atoms with van der Waals surface area (Å²) in [6.45, 7) is 2.55. The van der Waals surface area contributed by atoms with Gasteiger partial charge in [0.05, 0.1) is 12.9 Å². The lowest BCUT2D eigenvalue weighted by molar-refractivity contribution is -0.138. The first-order chi connectivity index (χ1) is 20.0. The quantitative estimate of drug-likeness (QED) is 0.230. The zero-order valence-electron chi connectivity index (χ0n) is 23.0. The molecular formula is C32H35N5O4. The average molecular weight is 554 g/mol. The van der Waals surface area contributed by atoms with Crippen LogP contribution in [0.2, 0.25) is 0 Å². The van der Waals surface area contributed by atoms with Crippen LogP contribution in [0.25, 0.3) is 0 Å². The predicted molar refractivity (Wildman–Crippen MR) is 156 cm³/mol. The van der Waals surface area contributed by atoms with Gasteiger partial charge in [0.25, 0.3) is 0 Å². The Morgan fingerprint density at radius 1 is 0.902 bits per heavy atom. The molecule has 0 spiro atoms. The van der Waals surface area contributed by atoms with Gasteiger partial charge in [-0.15, -0.1) is 0 Å². The molecule has 0 bridgehead atoms. The van der Waals surface area contributed by atoms with Gasteiger partial charge in [-0.3, -0.25) is 9.59 Å². The summed E-state index contributed by atoms with van der Waals surface area (Å²) in [5.74, 6) is -0.594. The van der Waals surface area contributed by atoms with E-state index < -0.39 is 18.0 Å². The summed E-state index contributed by atoms with van der Waals surface area (Å²) < 4.78 is 5.39. The van der Waals surface area contributed by atoms with Crippen molar-refractivity contribution in [2.45, 2.75) is 38.5 Å². The SMILES string of the molecule is CC(CNC(=O)CN(Cc1ccccc1)C(=O)[C@H](Cc1cnc[nH]1)NC(=O)OCc1ccccc1)c1ccccc1. The summed E-state index contributed by atoms with van der Waals surface area (Å²) in [6.07, 6.45) is 2.52. The number of amides is 3. The highest BCUT2D eigenvalue weighted by atomic mass is 16.5. The molecule has 4 aromatic rings. The molecule has 9 heteroatoms. The zero-order chi connectivity index (χ0) is 28.9. The van der Waals surface area contributed by atoms with E-state index in [1.165, 1.54) is 11.2 Å². The van der Waals surface area contributed by atoms with E-state index in [1.807, 2.05) is 97.9 Å². The molecule has 0 fully saturated rings. The van der Waals surface area contributed by atoms with Crippen LogP contribution in [0.4, 0.5) is 4.79 Å². The second-order valence-corrected chi connectivity index (χ2v) is 9.84. The Bertz CT molecular complexity index is 1370. The number of H-pyrrole nitrogens is 1. The minimum absolute atomic E-state index is 0.0629. The van der Waals surface area contributed by atoms with Gasteiger partial charge >= 0.3 is 6.09 Å². The Morgan fingerprint density at radius 2 is 1.54 bits per heavy atom. The predicted octanol–water partition coefficient (Wildman–Crippen LogP) is 4.20. The highest BCUT2D eigenvalue weighted by molar-refractivity contribution is 5.89. The van der Waals surface area contributed by atoms with Crippen molar-refractivity contribution in [3.05, 3.63) is 126 Å². The number of nitrogens with zero attached hydrogens (tertiary/aromatic N) is 2. The molecule has 1 unspecified atom stereocenters. The minimum Gasteiger partial charge on any atom is -0.445 e. The highest BCUT2D eigenvalue weighted by Gasteiger charge is 2.29. The van der Waals surface area contributed by atoms with Gasteiger partial charge in [0.15, 0.2) is 0 Å². The second-order valence-electron chi connectivity index (χ2n) is 9.84. The Morgan fingerprint density at radius 3 is 2.17 bits per heavy atom. The summed E-state index contributed by atoms with van der Waals surface area (Å²) in [5, 5.41) is 5.66. The molecular weight excluding hydrogens is 518 g/mol. The van der Waals surface area contributed by atoms with E-state index in [1.54, 1.807) is 6.20 Å². The normalized spacial score (nSPS) is 12.1. The van der Waals surface area contributed by atoms with Crippen molar-refractivity contribution in [1.29, 1.82) is 0 Å². The zero-order valence-corrected chi connectivity index (χ0v) is 23.0. The maximum Gasteiger partial charge on any atom is 0.408 e. The Balaban J connectivity index is 1.46. The number of aromatic nitrogens is 2. The van der Waals surface area contributed by atoms with Crippen molar-refractivity contribution >= 4 is 17.9 Å². The Hall–Kier alpha value is -4.92. The number of nitrogens with one attached hydrogen (secondary N) is 3. The molecule has 41 heavy (non-hydrogen) atoms.